The van der Waals surface area contributed by atoms with E-state index in [1.807, 2.05) is 12.1 Å². The van der Waals surface area contributed by atoms with E-state index in [4.69, 9.17) is 4.42 Å². The van der Waals surface area contributed by atoms with Crippen LogP contribution in [0.15, 0.2) is 58.1 Å². The lowest BCUT2D eigenvalue weighted by Gasteiger charge is -2.31. The molecule has 1 fully saturated rings. The van der Waals surface area contributed by atoms with E-state index in [0.717, 1.165) is 31.2 Å². The van der Waals surface area contributed by atoms with Crippen LogP contribution in [0.1, 0.15) is 37.5 Å². The molecule has 6 nitrogen and oxygen atoms in total. The molecule has 0 unspecified atom stereocenters. The number of furan rings is 1. The first kappa shape index (κ1) is 21.3. The third kappa shape index (κ3) is 6.05. The number of aryl methyl sites for hydroxylation is 1. The molecule has 1 saturated heterocycles. The van der Waals surface area contributed by atoms with Crippen molar-refractivity contribution in [2.75, 3.05) is 19.6 Å². The molecule has 1 amide bonds. The summed E-state index contributed by atoms with van der Waals surface area (Å²) in [6.07, 6.45) is 8.27. The van der Waals surface area contributed by atoms with Gasteiger partial charge in [-0.05, 0) is 61.1 Å². The Morgan fingerprint density at radius 2 is 1.93 bits per heavy atom. The number of nitrogens with one attached hydrogen (secondary N) is 1. The number of amides is 1. The molecule has 0 spiro atoms. The minimum absolute atomic E-state index is 0.0485. The van der Waals surface area contributed by atoms with Crippen LogP contribution in [-0.2, 0) is 21.2 Å². The third-order valence-electron chi connectivity index (χ3n) is 5.19. The van der Waals surface area contributed by atoms with Gasteiger partial charge in [0.2, 0.25) is 15.9 Å². The molecular formula is C22H28N2O4S. The number of piperidine rings is 1. The quantitative estimate of drug-likeness (QED) is 0.669. The van der Waals surface area contributed by atoms with Crippen LogP contribution < -0.4 is 4.72 Å². The van der Waals surface area contributed by atoms with Crippen molar-refractivity contribution in [1.29, 1.82) is 0 Å². The van der Waals surface area contributed by atoms with Gasteiger partial charge in [-0.15, -0.1) is 0 Å². The van der Waals surface area contributed by atoms with Gasteiger partial charge in [0.15, 0.2) is 0 Å². The zero-order valence-electron chi connectivity index (χ0n) is 16.7. The molecule has 1 aromatic carbocycles. The van der Waals surface area contributed by atoms with E-state index < -0.39 is 10.0 Å². The van der Waals surface area contributed by atoms with Crippen molar-refractivity contribution >= 4 is 22.0 Å². The average Bonchev–Trinajstić information content (AvgIpc) is 3.25. The number of likely N-dealkylation sites (tertiary alicyclic amines) is 1. The van der Waals surface area contributed by atoms with E-state index in [9.17, 15) is 13.2 Å². The number of rotatable bonds is 8. The number of nitrogens with zero attached hydrogens (tertiary/aromatic N) is 1. The fourth-order valence-corrected chi connectivity index (χ4v) is 4.55. The minimum Gasteiger partial charge on any atom is -0.465 e. The standard InChI is InChI=1S/C22H28N2O4S/c1-2-4-18-6-9-21(10-7-18)29(26,27)23-17-19-12-14-24(15-13-19)22(25)11-8-20-5-3-16-28-20/h3,5-11,16,19,23H,2,4,12-15,17H2,1H3/b11-8+. The molecule has 156 valence electrons. The summed E-state index contributed by atoms with van der Waals surface area (Å²) in [5.41, 5.74) is 1.14. The highest BCUT2D eigenvalue weighted by atomic mass is 32.2. The maximum absolute atomic E-state index is 12.5. The molecular weight excluding hydrogens is 388 g/mol. The van der Waals surface area contributed by atoms with Gasteiger partial charge in [0.05, 0.1) is 11.2 Å². The lowest BCUT2D eigenvalue weighted by molar-refractivity contribution is -0.127. The van der Waals surface area contributed by atoms with Crippen molar-refractivity contribution in [1.82, 2.24) is 9.62 Å². The van der Waals surface area contributed by atoms with Gasteiger partial charge in [0, 0.05) is 25.7 Å². The number of benzene rings is 1. The third-order valence-corrected chi connectivity index (χ3v) is 6.63. The highest BCUT2D eigenvalue weighted by molar-refractivity contribution is 7.89. The molecule has 1 aromatic heterocycles. The second-order valence-electron chi connectivity index (χ2n) is 7.36. The maximum atomic E-state index is 12.5. The van der Waals surface area contributed by atoms with Gasteiger partial charge in [-0.2, -0.15) is 0 Å². The van der Waals surface area contributed by atoms with Crippen molar-refractivity contribution in [3.63, 3.8) is 0 Å². The summed E-state index contributed by atoms with van der Waals surface area (Å²) in [6, 6.07) is 10.6. The zero-order valence-corrected chi connectivity index (χ0v) is 17.5. The average molecular weight is 417 g/mol. The molecule has 0 atom stereocenters. The van der Waals surface area contributed by atoms with Crippen LogP contribution in [0.25, 0.3) is 6.08 Å². The molecule has 0 aliphatic carbocycles. The normalized spacial score (nSPS) is 15.8. The molecule has 2 aromatic rings. The Balaban J connectivity index is 1.46. The first-order valence-electron chi connectivity index (χ1n) is 10.1. The molecule has 3 rings (SSSR count). The van der Waals surface area contributed by atoms with Crippen LogP contribution in [0.5, 0.6) is 0 Å². The van der Waals surface area contributed by atoms with Crippen molar-refractivity contribution in [2.24, 2.45) is 5.92 Å². The molecule has 29 heavy (non-hydrogen) atoms. The van der Waals surface area contributed by atoms with Gasteiger partial charge in [-0.25, -0.2) is 13.1 Å². The van der Waals surface area contributed by atoms with Crippen LogP contribution in [0.4, 0.5) is 0 Å². The molecule has 0 radical (unpaired) electrons. The Morgan fingerprint density at radius 3 is 2.55 bits per heavy atom. The Kier molecular flexibility index (Phi) is 7.28. The molecule has 1 aliphatic rings. The van der Waals surface area contributed by atoms with Crippen molar-refractivity contribution in [3.05, 3.63) is 60.1 Å². The van der Waals surface area contributed by atoms with E-state index >= 15 is 0 Å². The van der Waals surface area contributed by atoms with Crippen LogP contribution in [0.3, 0.4) is 0 Å². The number of carbonyl (C=O) groups is 1. The first-order chi connectivity index (χ1) is 14.0. The van der Waals surface area contributed by atoms with Gasteiger partial charge in [0.25, 0.3) is 0 Å². The number of carbonyl (C=O) groups excluding carboxylic acids is 1. The number of sulfonamides is 1. The highest BCUT2D eigenvalue weighted by Crippen LogP contribution is 2.19. The fourth-order valence-electron chi connectivity index (χ4n) is 3.44. The minimum atomic E-state index is -3.51. The van der Waals surface area contributed by atoms with E-state index in [2.05, 4.69) is 11.6 Å². The molecule has 1 N–H and O–H groups in total. The van der Waals surface area contributed by atoms with Gasteiger partial charge >= 0.3 is 0 Å². The summed E-state index contributed by atoms with van der Waals surface area (Å²) in [7, 11) is -3.51. The highest BCUT2D eigenvalue weighted by Gasteiger charge is 2.23. The molecule has 0 bridgehead atoms. The molecule has 0 saturated carbocycles. The van der Waals surface area contributed by atoms with Gasteiger partial charge in [-0.3, -0.25) is 4.79 Å². The second kappa shape index (κ2) is 9.89. The summed E-state index contributed by atoms with van der Waals surface area (Å²) in [5.74, 6) is 0.820. The summed E-state index contributed by atoms with van der Waals surface area (Å²) in [5, 5.41) is 0. The molecule has 1 aliphatic heterocycles. The van der Waals surface area contributed by atoms with Crippen LogP contribution in [0.2, 0.25) is 0 Å². The number of hydrogen-bond acceptors (Lipinski definition) is 4. The largest absolute Gasteiger partial charge is 0.465 e. The van der Waals surface area contributed by atoms with Crippen molar-refractivity contribution < 1.29 is 17.6 Å². The summed E-state index contributed by atoms with van der Waals surface area (Å²) in [4.78, 5) is 14.3. The van der Waals surface area contributed by atoms with Crippen LogP contribution in [0, 0.1) is 5.92 Å². The Hall–Kier alpha value is -2.38. The summed E-state index contributed by atoms with van der Waals surface area (Å²) >= 11 is 0. The summed E-state index contributed by atoms with van der Waals surface area (Å²) < 4.78 is 33.0. The Bertz CT molecular complexity index is 910. The fraction of sp³-hybridized carbons (Fsp3) is 0.409. The monoisotopic (exact) mass is 416 g/mol. The lowest BCUT2D eigenvalue weighted by Crippen LogP contribution is -2.40. The van der Waals surface area contributed by atoms with E-state index in [0.29, 0.717) is 30.3 Å². The second-order valence-corrected chi connectivity index (χ2v) is 9.13. The molecule has 2 heterocycles. The smallest absolute Gasteiger partial charge is 0.246 e. The Labute approximate surface area is 172 Å². The first-order valence-corrected chi connectivity index (χ1v) is 11.6. The topological polar surface area (TPSA) is 79.6 Å². The van der Waals surface area contributed by atoms with E-state index in [1.165, 1.54) is 6.08 Å². The lowest BCUT2D eigenvalue weighted by atomic mass is 9.97. The van der Waals surface area contributed by atoms with Crippen LogP contribution >= 0.6 is 0 Å². The van der Waals surface area contributed by atoms with Gasteiger partial charge in [-0.1, -0.05) is 25.5 Å². The van der Waals surface area contributed by atoms with Crippen LogP contribution in [-0.4, -0.2) is 38.9 Å². The zero-order chi connectivity index (χ0) is 20.7. The summed E-state index contributed by atoms with van der Waals surface area (Å²) in [6.45, 7) is 3.74. The Morgan fingerprint density at radius 1 is 1.21 bits per heavy atom. The van der Waals surface area contributed by atoms with Gasteiger partial charge in [0.1, 0.15) is 5.76 Å². The SMILES string of the molecule is CCCc1ccc(S(=O)(=O)NCC2CCN(C(=O)/C=C/c3ccco3)CC2)cc1. The number of hydrogen-bond donors (Lipinski definition) is 1. The van der Waals surface area contributed by atoms with Gasteiger partial charge < -0.3 is 9.32 Å². The van der Waals surface area contributed by atoms with E-state index in [-0.39, 0.29) is 11.8 Å². The van der Waals surface area contributed by atoms with E-state index in [1.54, 1.807) is 41.5 Å². The predicted molar refractivity (Wildman–Crippen MR) is 113 cm³/mol. The van der Waals surface area contributed by atoms with Crippen molar-refractivity contribution in [3.8, 4) is 0 Å². The maximum Gasteiger partial charge on any atom is 0.246 e. The predicted octanol–water partition coefficient (Wildman–Crippen LogP) is 3.46. The molecule has 7 heteroatoms. The van der Waals surface area contributed by atoms with Crippen molar-refractivity contribution in [2.45, 2.75) is 37.5 Å².